The minimum atomic E-state index is -4.12. The van der Waals surface area contributed by atoms with Gasteiger partial charge in [-0.2, -0.15) is 13.2 Å². The highest BCUT2D eigenvalue weighted by Gasteiger charge is 2.42. The Morgan fingerprint density at radius 1 is 1.45 bits per heavy atom. The Balaban J connectivity index is 2.19. The van der Waals surface area contributed by atoms with E-state index in [2.05, 4.69) is 4.98 Å². The SMILES string of the molecule is CC(C)c1nc(N2CCCC(C(F)(F)F)C2)sc1CN. The van der Waals surface area contributed by atoms with E-state index in [1.165, 1.54) is 11.3 Å². The number of alkyl halides is 3. The fraction of sp³-hybridized carbons (Fsp3) is 0.769. The molecule has 2 rings (SSSR count). The lowest BCUT2D eigenvalue weighted by molar-refractivity contribution is -0.175. The molecule has 2 N–H and O–H groups in total. The van der Waals surface area contributed by atoms with Crippen molar-refractivity contribution in [1.82, 2.24) is 4.98 Å². The number of rotatable bonds is 3. The zero-order valence-electron chi connectivity index (χ0n) is 11.7. The van der Waals surface area contributed by atoms with Crippen molar-refractivity contribution in [2.24, 2.45) is 11.7 Å². The van der Waals surface area contributed by atoms with Crippen LogP contribution < -0.4 is 10.6 Å². The summed E-state index contributed by atoms with van der Waals surface area (Å²) in [6.45, 7) is 5.08. The normalized spacial score (nSPS) is 20.8. The summed E-state index contributed by atoms with van der Waals surface area (Å²) in [5.74, 6) is -1.01. The van der Waals surface area contributed by atoms with Gasteiger partial charge in [0.1, 0.15) is 0 Å². The van der Waals surface area contributed by atoms with Crippen molar-refractivity contribution in [3.05, 3.63) is 10.6 Å². The number of nitrogens with zero attached hydrogens (tertiary/aromatic N) is 2. The van der Waals surface area contributed by atoms with Gasteiger partial charge in [0.05, 0.1) is 11.6 Å². The molecule has 1 aliphatic rings. The van der Waals surface area contributed by atoms with Gasteiger partial charge < -0.3 is 10.6 Å². The molecule has 0 amide bonds. The molecule has 2 heterocycles. The van der Waals surface area contributed by atoms with Crippen LogP contribution in [0.1, 0.15) is 43.2 Å². The fourth-order valence-corrected chi connectivity index (χ4v) is 3.63. The highest BCUT2D eigenvalue weighted by molar-refractivity contribution is 7.15. The Kier molecular flexibility index (Phi) is 4.59. The van der Waals surface area contributed by atoms with E-state index in [4.69, 9.17) is 5.73 Å². The Morgan fingerprint density at radius 2 is 2.15 bits per heavy atom. The average Bonchev–Trinajstić information content (AvgIpc) is 2.82. The summed E-state index contributed by atoms with van der Waals surface area (Å²) < 4.78 is 38.5. The first-order valence-corrected chi connectivity index (χ1v) is 7.66. The second-order valence-electron chi connectivity index (χ2n) is 5.49. The van der Waals surface area contributed by atoms with Crippen molar-refractivity contribution in [2.75, 3.05) is 18.0 Å². The second kappa shape index (κ2) is 5.89. The molecule has 1 unspecified atom stereocenters. The van der Waals surface area contributed by atoms with Gasteiger partial charge in [-0.25, -0.2) is 4.98 Å². The Morgan fingerprint density at radius 3 is 2.65 bits per heavy atom. The van der Waals surface area contributed by atoms with Crippen LogP contribution in [0.5, 0.6) is 0 Å². The lowest BCUT2D eigenvalue weighted by atomic mass is 9.98. The summed E-state index contributed by atoms with van der Waals surface area (Å²) in [4.78, 5) is 7.26. The van der Waals surface area contributed by atoms with Crippen LogP contribution in [0.25, 0.3) is 0 Å². The molecular formula is C13H20F3N3S. The van der Waals surface area contributed by atoms with Crippen LogP contribution >= 0.6 is 11.3 Å². The van der Waals surface area contributed by atoms with Crippen molar-refractivity contribution in [3.8, 4) is 0 Å². The van der Waals surface area contributed by atoms with Gasteiger partial charge in [-0.05, 0) is 18.8 Å². The molecule has 1 aliphatic heterocycles. The summed E-state index contributed by atoms with van der Waals surface area (Å²) in [5, 5.41) is 0.683. The van der Waals surface area contributed by atoms with Crippen LogP contribution in [0.2, 0.25) is 0 Å². The van der Waals surface area contributed by atoms with E-state index < -0.39 is 12.1 Å². The molecule has 114 valence electrons. The van der Waals surface area contributed by atoms with Gasteiger partial charge in [-0.15, -0.1) is 11.3 Å². The maximum atomic E-state index is 12.8. The second-order valence-corrected chi connectivity index (χ2v) is 6.55. The third-order valence-electron chi connectivity index (χ3n) is 3.60. The minimum Gasteiger partial charge on any atom is -0.347 e. The molecular weight excluding hydrogens is 287 g/mol. The number of anilines is 1. The number of nitrogens with two attached hydrogens (primary N) is 1. The van der Waals surface area contributed by atoms with Crippen molar-refractivity contribution in [2.45, 2.75) is 45.3 Å². The van der Waals surface area contributed by atoms with Crippen LogP contribution in [-0.4, -0.2) is 24.2 Å². The summed E-state index contributed by atoms with van der Waals surface area (Å²) in [5.41, 5.74) is 6.62. The third-order valence-corrected chi connectivity index (χ3v) is 4.76. The molecule has 20 heavy (non-hydrogen) atoms. The average molecular weight is 307 g/mol. The smallest absolute Gasteiger partial charge is 0.347 e. The molecule has 0 spiro atoms. The first-order valence-electron chi connectivity index (χ1n) is 6.84. The zero-order valence-corrected chi connectivity index (χ0v) is 12.5. The number of hydrogen-bond donors (Lipinski definition) is 1. The maximum absolute atomic E-state index is 12.8. The summed E-state index contributed by atoms with van der Waals surface area (Å²) in [6.07, 6.45) is -3.35. The van der Waals surface area contributed by atoms with E-state index in [1.54, 1.807) is 4.90 Å². The molecule has 0 bridgehead atoms. The first-order chi connectivity index (χ1) is 9.32. The van der Waals surface area contributed by atoms with Crippen LogP contribution in [-0.2, 0) is 6.54 Å². The standard InChI is InChI=1S/C13H20F3N3S/c1-8(2)11-10(6-17)20-12(18-11)19-5-3-4-9(7-19)13(14,15)16/h8-9H,3-7,17H2,1-2H3. The van der Waals surface area contributed by atoms with Crippen LogP contribution in [0.3, 0.4) is 0 Å². The lowest BCUT2D eigenvalue weighted by Crippen LogP contribution is -2.41. The van der Waals surface area contributed by atoms with E-state index in [1.807, 2.05) is 13.8 Å². The number of thiazole rings is 1. The van der Waals surface area contributed by atoms with Crippen LogP contribution in [0.4, 0.5) is 18.3 Å². The minimum absolute atomic E-state index is 0.0125. The predicted octanol–water partition coefficient (Wildman–Crippen LogP) is 3.50. The van der Waals surface area contributed by atoms with E-state index in [9.17, 15) is 13.2 Å². The topological polar surface area (TPSA) is 42.2 Å². The fourth-order valence-electron chi connectivity index (χ4n) is 2.50. The summed E-state index contributed by atoms with van der Waals surface area (Å²) in [7, 11) is 0. The molecule has 0 aliphatic carbocycles. The molecule has 0 aromatic carbocycles. The van der Waals surface area contributed by atoms with Crippen LogP contribution in [0, 0.1) is 5.92 Å². The number of halogens is 3. The van der Waals surface area contributed by atoms with Gasteiger partial charge in [0.2, 0.25) is 0 Å². The monoisotopic (exact) mass is 307 g/mol. The van der Waals surface area contributed by atoms with Gasteiger partial charge in [0.15, 0.2) is 5.13 Å². The number of piperidine rings is 1. The first kappa shape index (κ1) is 15.6. The number of aromatic nitrogens is 1. The van der Waals surface area contributed by atoms with Gasteiger partial charge in [-0.3, -0.25) is 0 Å². The highest BCUT2D eigenvalue weighted by Crippen LogP contribution is 2.37. The van der Waals surface area contributed by atoms with E-state index in [-0.39, 0.29) is 18.9 Å². The Hall–Kier alpha value is -0.820. The van der Waals surface area contributed by atoms with Gasteiger partial charge in [-0.1, -0.05) is 13.8 Å². The quantitative estimate of drug-likeness (QED) is 0.929. The van der Waals surface area contributed by atoms with Gasteiger partial charge >= 0.3 is 6.18 Å². The summed E-state index contributed by atoms with van der Waals surface area (Å²) >= 11 is 1.43. The molecule has 0 saturated carbocycles. The molecule has 1 aromatic heterocycles. The Bertz CT molecular complexity index is 456. The molecule has 1 saturated heterocycles. The highest BCUT2D eigenvalue weighted by atomic mass is 32.1. The number of hydrogen-bond acceptors (Lipinski definition) is 4. The van der Waals surface area contributed by atoms with Crippen molar-refractivity contribution < 1.29 is 13.2 Å². The predicted molar refractivity (Wildman–Crippen MR) is 75.1 cm³/mol. The van der Waals surface area contributed by atoms with Gasteiger partial charge in [0, 0.05) is 24.5 Å². The molecule has 7 heteroatoms. The lowest BCUT2D eigenvalue weighted by Gasteiger charge is -2.33. The molecule has 1 atom stereocenters. The van der Waals surface area contributed by atoms with Crippen LogP contribution in [0.15, 0.2) is 0 Å². The van der Waals surface area contributed by atoms with E-state index in [0.29, 0.717) is 24.6 Å². The van der Waals surface area contributed by atoms with E-state index in [0.717, 1.165) is 10.6 Å². The van der Waals surface area contributed by atoms with Gasteiger partial charge in [0.25, 0.3) is 0 Å². The van der Waals surface area contributed by atoms with Crippen molar-refractivity contribution >= 4 is 16.5 Å². The molecule has 1 aromatic rings. The Labute approximate surface area is 121 Å². The zero-order chi connectivity index (χ0) is 14.9. The van der Waals surface area contributed by atoms with E-state index >= 15 is 0 Å². The largest absolute Gasteiger partial charge is 0.393 e. The molecule has 0 radical (unpaired) electrons. The molecule has 3 nitrogen and oxygen atoms in total. The third kappa shape index (κ3) is 3.25. The van der Waals surface area contributed by atoms with Crippen molar-refractivity contribution in [1.29, 1.82) is 0 Å². The van der Waals surface area contributed by atoms with Crippen molar-refractivity contribution in [3.63, 3.8) is 0 Å². The molecule has 1 fully saturated rings. The summed E-state index contributed by atoms with van der Waals surface area (Å²) in [6, 6.07) is 0. The maximum Gasteiger partial charge on any atom is 0.393 e.